The Labute approximate surface area is 82.2 Å². The third-order valence-electron chi connectivity index (χ3n) is 2.00. The number of aliphatic imine (C=N–C) groups is 1. The largest absolute Gasteiger partial charge is 0.394 e. The maximum Gasteiger partial charge on any atom is 0.322 e. The Hall–Kier alpha value is -1.14. The Morgan fingerprint density at radius 3 is 3.00 bits per heavy atom. The number of aliphatic hydroxyl groups excluding tert-OH is 2. The van der Waals surface area contributed by atoms with Crippen LogP contribution in [0.25, 0.3) is 0 Å². The van der Waals surface area contributed by atoms with Crippen molar-refractivity contribution in [2.24, 2.45) is 4.99 Å². The van der Waals surface area contributed by atoms with E-state index in [2.05, 4.69) is 10.3 Å². The number of nitrogens with one attached hydrogen (secondary N) is 1. The van der Waals surface area contributed by atoms with Gasteiger partial charge >= 0.3 is 6.03 Å². The molecule has 1 unspecified atom stereocenters. The van der Waals surface area contributed by atoms with Gasteiger partial charge in [-0.2, -0.15) is 0 Å². The van der Waals surface area contributed by atoms with Gasteiger partial charge in [0.05, 0.1) is 19.3 Å². The van der Waals surface area contributed by atoms with E-state index < -0.39 is 6.10 Å². The highest BCUT2D eigenvalue weighted by atomic mass is 16.3. The first-order chi connectivity index (χ1) is 6.65. The van der Waals surface area contributed by atoms with Crippen molar-refractivity contribution < 1.29 is 15.0 Å². The molecule has 0 aromatic carbocycles. The molecule has 6 heteroatoms. The van der Waals surface area contributed by atoms with Crippen molar-refractivity contribution in [2.75, 3.05) is 26.2 Å². The van der Waals surface area contributed by atoms with Crippen molar-refractivity contribution in [1.29, 1.82) is 0 Å². The number of carbonyl (C=O) groups is 1. The summed E-state index contributed by atoms with van der Waals surface area (Å²) < 4.78 is 0. The van der Waals surface area contributed by atoms with E-state index in [1.807, 2.05) is 0 Å². The van der Waals surface area contributed by atoms with Crippen LogP contribution in [0.2, 0.25) is 0 Å². The highest BCUT2D eigenvalue weighted by Crippen LogP contribution is 2.00. The maximum atomic E-state index is 11.4. The third-order valence-corrected chi connectivity index (χ3v) is 2.00. The van der Waals surface area contributed by atoms with Gasteiger partial charge in [0, 0.05) is 13.1 Å². The SMILES string of the molecule is CC1=NCCN1C(=O)NCC(O)CO. The molecule has 3 N–H and O–H groups in total. The summed E-state index contributed by atoms with van der Waals surface area (Å²) in [5, 5.41) is 20.0. The van der Waals surface area contributed by atoms with Gasteiger partial charge in [-0.05, 0) is 6.92 Å². The zero-order chi connectivity index (χ0) is 10.6. The summed E-state index contributed by atoms with van der Waals surface area (Å²) in [6.07, 6.45) is -0.904. The van der Waals surface area contributed by atoms with Gasteiger partial charge in [-0.25, -0.2) is 4.79 Å². The molecule has 0 spiro atoms. The molecule has 0 saturated heterocycles. The van der Waals surface area contributed by atoms with Gasteiger partial charge in [0.2, 0.25) is 0 Å². The lowest BCUT2D eigenvalue weighted by molar-refractivity contribution is 0.0951. The number of nitrogens with zero attached hydrogens (tertiary/aromatic N) is 2. The van der Waals surface area contributed by atoms with E-state index in [4.69, 9.17) is 10.2 Å². The molecule has 1 rings (SSSR count). The summed E-state index contributed by atoms with van der Waals surface area (Å²) in [6, 6.07) is -0.281. The number of amides is 2. The zero-order valence-electron chi connectivity index (χ0n) is 8.10. The summed E-state index contributed by atoms with van der Waals surface area (Å²) in [4.78, 5) is 17.0. The lowest BCUT2D eigenvalue weighted by Gasteiger charge is -2.17. The molecule has 1 aliphatic rings. The number of rotatable bonds is 3. The second kappa shape index (κ2) is 4.92. The molecule has 1 atom stereocenters. The lowest BCUT2D eigenvalue weighted by Crippen LogP contribution is -2.44. The van der Waals surface area contributed by atoms with E-state index in [1.165, 1.54) is 4.90 Å². The van der Waals surface area contributed by atoms with Crippen molar-refractivity contribution in [3.05, 3.63) is 0 Å². The van der Waals surface area contributed by atoms with Gasteiger partial charge in [-0.3, -0.25) is 9.89 Å². The molecule has 6 nitrogen and oxygen atoms in total. The second-order valence-electron chi connectivity index (χ2n) is 3.10. The number of hydrogen-bond donors (Lipinski definition) is 3. The minimum Gasteiger partial charge on any atom is -0.394 e. The highest BCUT2D eigenvalue weighted by molar-refractivity contribution is 5.97. The van der Waals surface area contributed by atoms with Crippen LogP contribution >= 0.6 is 0 Å². The molecule has 80 valence electrons. The first kappa shape index (κ1) is 10.9. The molecule has 1 aliphatic heterocycles. The zero-order valence-corrected chi connectivity index (χ0v) is 8.10. The summed E-state index contributed by atoms with van der Waals surface area (Å²) in [5.74, 6) is 0.681. The molecule has 0 saturated carbocycles. The Bertz CT molecular complexity index is 242. The van der Waals surface area contributed by atoms with Crippen LogP contribution in [0, 0.1) is 0 Å². The van der Waals surface area contributed by atoms with E-state index in [9.17, 15) is 4.79 Å². The van der Waals surface area contributed by atoms with E-state index in [1.54, 1.807) is 6.92 Å². The quantitative estimate of drug-likeness (QED) is 0.535. The van der Waals surface area contributed by atoms with Gasteiger partial charge < -0.3 is 15.5 Å². The molecular weight excluding hydrogens is 186 g/mol. The van der Waals surface area contributed by atoms with E-state index in [0.29, 0.717) is 18.9 Å². The molecule has 0 bridgehead atoms. The minimum atomic E-state index is -0.904. The summed E-state index contributed by atoms with van der Waals surface area (Å²) in [6.45, 7) is 2.66. The predicted molar refractivity (Wildman–Crippen MR) is 51.2 cm³/mol. The average molecular weight is 201 g/mol. The fourth-order valence-electron chi connectivity index (χ4n) is 1.17. The van der Waals surface area contributed by atoms with Gasteiger partial charge in [-0.1, -0.05) is 0 Å². The molecule has 2 amide bonds. The smallest absolute Gasteiger partial charge is 0.322 e. The molecule has 0 aliphatic carbocycles. The first-order valence-corrected chi connectivity index (χ1v) is 4.50. The van der Waals surface area contributed by atoms with Gasteiger partial charge in [-0.15, -0.1) is 0 Å². The molecule has 14 heavy (non-hydrogen) atoms. The average Bonchev–Trinajstić information content (AvgIpc) is 2.60. The molecule has 0 aromatic heterocycles. The highest BCUT2D eigenvalue weighted by Gasteiger charge is 2.20. The van der Waals surface area contributed by atoms with Gasteiger partial charge in [0.1, 0.15) is 5.84 Å². The third kappa shape index (κ3) is 2.68. The van der Waals surface area contributed by atoms with Crippen LogP contribution in [-0.4, -0.2) is 59.3 Å². The van der Waals surface area contributed by atoms with Gasteiger partial charge in [0.15, 0.2) is 0 Å². The Balaban J connectivity index is 2.32. The van der Waals surface area contributed by atoms with Crippen LogP contribution in [0.4, 0.5) is 4.79 Å². The predicted octanol–water partition coefficient (Wildman–Crippen LogP) is -1.22. The monoisotopic (exact) mass is 201 g/mol. The second-order valence-corrected chi connectivity index (χ2v) is 3.10. The van der Waals surface area contributed by atoms with Crippen LogP contribution in [0.3, 0.4) is 0 Å². The van der Waals surface area contributed by atoms with E-state index in [-0.39, 0.29) is 19.2 Å². The number of amidine groups is 1. The number of hydrogen-bond acceptors (Lipinski definition) is 4. The van der Waals surface area contributed by atoms with Crippen molar-refractivity contribution in [3.8, 4) is 0 Å². The molecule has 1 heterocycles. The number of carbonyl (C=O) groups excluding carboxylic acids is 1. The van der Waals surface area contributed by atoms with Crippen molar-refractivity contribution in [2.45, 2.75) is 13.0 Å². The number of urea groups is 1. The fraction of sp³-hybridized carbons (Fsp3) is 0.750. The number of aliphatic hydroxyl groups is 2. The lowest BCUT2D eigenvalue weighted by atomic mass is 10.4. The Morgan fingerprint density at radius 1 is 1.79 bits per heavy atom. The Morgan fingerprint density at radius 2 is 2.50 bits per heavy atom. The first-order valence-electron chi connectivity index (χ1n) is 4.50. The molecule has 0 aromatic rings. The van der Waals surface area contributed by atoms with Crippen molar-refractivity contribution in [3.63, 3.8) is 0 Å². The van der Waals surface area contributed by atoms with E-state index in [0.717, 1.165) is 0 Å². The molecule has 0 radical (unpaired) electrons. The van der Waals surface area contributed by atoms with E-state index >= 15 is 0 Å². The Kier molecular flexibility index (Phi) is 3.84. The van der Waals surface area contributed by atoms with Crippen LogP contribution < -0.4 is 5.32 Å². The normalized spacial score (nSPS) is 17.9. The standard InChI is InChI=1S/C8H15N3O3/c1-6-9-2-3-11(6)8(14)10-4-7(13)5-12/h7,12-13H,2-5H2,1H3,(H,10,14). The summed E-state index contributed by atoms with van der Waals surface area (Å²) in [7, 11) is 0. The minimum absolute atomic E-state index is 0.0547. The maximum absolute atomic E-state index is 11.4. The van der Waals surface area contributed by atoms with Crippen molar-refractivity contribution >= 4 is 11.9 Å². The van der Waals surface area contributed by atoms with Crippen LogP contribution in [0.5, 0.6) is 0 Å². The van der Waals surface area contributed by atoms with Crippen LogP contribution in [0.15, 0.2) is 4.99 Å². The van der Waals surface area contributed by atoms with Crippen LogP contribution in [-0.2, 0) is 0 Å². The molecular formula is C8H15N3O3. The van der Waals surface area contributed by atoms with Crippen molar-refractivity contribution in [1.82, 2.24) is 10.2 Å². The summed E-state index contributed by atoms with van der Waals surface area (Å²) in [5.41, 5.74) is 0. The fourth-order valence-corrected chi connectivity index (χ4v) is 1.17. The van der Waals surface area contributed by atoms with Crippen LogP contribution in [0.1, 0.15) is 6.92 Å². The topological polar surface area (TPSA) is 85.2 Å². The summed E-state index contributed by atoms with van der Waals surface area (Å²) >= 11 is 0. The molecule has 0 fully saturated rings. The van der Waals surface area contributed by atoms with Gasteiger partial charge in [0.25, 0.3) is 0 Å².